The molecule has 0 aromatic rings. The summed E-state index contributed by atoms with van der Waals surface area (Å²) in [4.78, 5) is 0. The van der Waals surface area contributed by atoms with Crippen LogP contribution in [0.15, 0.2) is 0 Å². The van der Waals surface area contributed by atoms with E-state index in [-0.39, 0.29) is 0 Å². The monoisotopic (exact) mass is 296 g/mol. The van der Waals surface area contributed by atoms with Gasteiger partial charge in [0.2, 0.25) is 0 Å². The second-order valence-corrected chi connectivity index (χ2v) is 7.30. The molecular weight excluding hydrogens is 277 g/mol. The topological polar surface area (TPSA) is 71.1 Å². The summed E-state index contributed by atoms with van der Waals surface area (Å²) in [6.07, 6.45) is 0. The van der Waals surface area contributed by atoms with E-state index in [0.717, 1.165) is 0 Å². The maximum atomic E-state index is 10.7. The summed E-state index contributed by atoms with van der Waals surface area (Å²) in [5, 5.41) is 0. The fourth-order valence-electron chi connectivity index (χ4n) is 0.494. The SMILES string of the molecule is CCOP(=O)(Cl)OC.CCOP(C)(=O)OC. The normalized spacial score (nSPS) is 17.9. The summed E-state index contributed by atoms with van der Waals surface area (Å²) in [5.41, 5.74) is 0. The molecule has 0 saturated heterocycles. The molecule has 2 atom stereocenters. The molecule has 0 fully saturated rings. The van der Waals surface area contributed by atoms with Crippen molar-refractivity contribution in [3.63, 3.8) is 0 Å². The molecule has 0 heterocycles. The van der Waals surface area contributed by atoms with Gasteiger partial charge in [-0.05, 0) is 13.8 Å². The average molecular weight is 297 g/mol. The fourth-order valence-corrected chi connectivity index (χ4v) is 1.78. The quantitative estimate of drug-likeness (QED) is 0.698. The van der Waals surface area contributed by atoms with Gasteiger partial charge in [0.25, 0.3) is 0 Å². The van der Waals surface area contributed by atoms with Gasteiger partial charge in [0.15, 0.2) is 0 Å². The first-order valence-electron chi connectivity index (χ1n) is 4.52. The van der Waals surface area contributed by atoms with Gasteiger partial charge in [-0.1, -0.05) is 0 Å². The highest BCUT2D eigenvalue weighted by molar-refractivity contribution is 7.81. The van der Waals surface area contributed by atoms with Crippen molar-refractivity contribution in [1.82, 2.24) is 0 Å². The molecule has 0 aromatic heterocycles. The smallest absolute Gasteiger partial charge is 0.312 e. The molecule has 0 spiro atoms. The van der Waals surface area contributed by atoms with Gasteiger partial charge in [-0.2, -0.15) is 0 Å². The van der Waals surface area contributed by atoms with Crippen molar-refractivity contribution in [2.24, 2.45) is 0 Å². The predicted molar refractivity (Wildman–Crippen MR) is 64.3 cm³/mol. The summed E-state index contributed by atoms with van der Waals surface area (Å²) < 4.78 is 39.2. The van der Waals surface area contributed by atoms with E-state index >= 15 is 0 Å². The molecule has 0 aliphatic rings. The molecule has 100 valence electrons. The zero-order valence-corrected chi connectivity index (χ0v) is 12.7. The molecule has 0 bridgehead atoms. The molecular formula is C7H19ClO6P2. The summed E-state index contributed by atoms with van der Waals surface area (Å²) in [6.45, 7) is 2.43. The van der Waals surface area contributed by atoms with Gasteiger partial charge < -0.3 is 13.6 Å². The third-order valence-electron chi connectivity index (χ3n) is 1.20. The maximum absolute atomic E-state index is 10.7. The van der Waals surface area contributed by atoms with Gasteiger partial charge in [-0.25, -0.2) is 4.57 Å². The molecule has 0 aliphatic carbocycles. The maximum Gasteiger partial charge on any atom is 0.423 e. The Hall–Kier alpha value is 0.590. The van der Waals surface area contributed by atoms with E-state index in [4.69, 9.17) is 15.8 Å². The lowest BCUT2D eigenvalue weighted by atomic mass is 10.9. The van der Waals surface area contributed by atoms with Crippen LogP contribution in [0.2, 0.25) is 0 Å². The van der Waals surface area contributed by atoms with Crippen LogP contribution in [0.3, 0.4) is 0 Å². The third kappa shape index (κ3) is 12.7. The lowest BCUT2D eigenvalue weighted by Gasteiger charge is -2.07. The van der Waals surface area contributed by atoms with Crippen LogP contribution in [0.5, 0.6) is 0 Å². The van der Waals surface area contributed by atoms with Crippen molar-refractivity contribution >= 4 is 25.8 Å². The second kappa shape index (κ2) is 9.60. The fraction of sp³-hybridized carbons (Fsp3) is 1.00. The minimum atomic E-state index is -3.20. The molecule has 0 saturated carbocycles. The highest BCUT2D eigenvalue weighted by Gasteiger charge is 2.15. The first kappa shape index (κ1) is 18.9. The van der Waals surface area contributed by atoms with Crippen molar-refractivity contribution in [2.75, 3.05) is 34.1 Å². The highest BCUT2D eigenvalue weighted by atomic mass is 35.7. The Morgan fingerprint density at radius 2 is 1.44 bits per heavy atom. The van der Waals surface area contributed by atoms with Gasteiger partial charge in [0.1, 0.15) is 0 Å². The van der Waals surface area contributed by atoms with Crippen LogP contribution in [0.4, 0.5) is 0 Å². The van der Waals surface area contributed by atoms with Gasteiger partial charge in [0.05, 0.1) is 13.2 Å². The number of halogens is 1. The van der Waals surface area contributed by atoms with Gasteiger partial charge >= 0.3 is 14.5 Å². The van der Waals surface area contributed by atoms with Gasteiger partial charge in [-0.15, -0.1) is 0 Å². The van der Waals surface area contributed by atoms with E-state index in [9.17, 15) is 9.13 Å². The van der Waals surface area contributed by atoms with Crippen LogP contribution >= 0.6 is 25.8 Å². The van der Waals surface area contributed by atoms with E-state index in [1.165, 1.54) is 20.9 Å². The van der Waals surface area contributed by atoms with Crippen molar-refractivity contribution in [2.45, 2.75) is 13.8 Å². The molecule has 0 aliphatic heterocycles. The first-order chi connectivity index (χ1) is 7.24. The molecule has 0 aromatic carbocycles. The van der Waals surface area contributed by atoms with Crippen molar-refractivity contribution in [3.8, 4) is 0 Å². The van der Waals surface area contributed by atoms with Gasteiger partial charge in [0, 0.05) is 32.1 Å². The van der Waals surface area contributed by atoms with Crippen LogP contribution in [0.1, 0.15) is 13.8 Å². The van der Waals surface area contributed by atoms with Crippen LogP contribution in [-0.2, 0) is 27.2 Å². The Morgan fingerprint density at radius 3 is 1.56 bits per heavy atom. The largest absolute Gasteiger partial charge is 0.423 e. The molecule has 0 rings (SSSR count). The number of hydrogen-bond acceptors (Lipinski definition) is 6. The highest BCUT2D eigenvalue weighted by Crippen LogP contribution is 2.52. The van der Waals surface area contributed by atoms with E-state index in [0.29, 0.717) is 13.2 Å². The van der Waals surface area contributed by atoms with Crippen molar-refractivity contribution < 1.29 is 27.2 Å². The van der Waals surface area contributed by atoms with Crippen molar-refractivity contribution in [3.05, 3.63) is 0 Å². The summed E-state index contributed by atoms with van der Waals surface area (Å²) in [7, 11) is -0.0624. The zero-order valence-electron chi connectivity index (χ0n) is 10.1. The molecule has 6 nitrogen and oxygen atoms in total. The summed E-state index contributed by atoms with van der Waals surface area (Å²) in [5.74, 6) is 0. The molecule has 9 heteroatoms. The van der Waals surface area contributed by atoms with E-state index < -0.39 is 14.5 Å². The van der Waals surface area contributed by atoms with E-state index in [1.54, 1.807) is 13.8 Å². The molecule has 16 heavy (non-hydrogen) atoms. The average Bonchev–Trinajstić information content (AvgIpc) is 2.19. The summed E-state index contributed by atoms with van der Waals surface area (Å²) in [6, 6.07) is 0. The van der Waals surface area contributed by atoms with Crippen LogP contribution < -0.4 is 0 Å². The standard InChI is InChI=1S/C4H11O3P.C3H8ClO3P/c1-4-7-8(3,5)6-2;1-3-7-8(4,5)6-2/h4H2,1-3H3;3H2,1-2H3. The van der Waals surface area contributed by atoms with E-state index in [2.05, 4.69) is 13.6 Å². The molecule has 0 radical (unpaired) electrons. The number of rotatable bonds is 6. The Kier molecular flexibility index (Phi) is 11.4. The Labute approximate surface area is 101 Å². The Balaban J connectivity index is 0. The number of hydrogen-bond donors (Lipinski definition) is 0. The Morgan fingerprint density at radius 1 is 1.00 bits per heavy atom. The summed E-state index contributed by atoms with van der Waals surface area (Å²) >= 11 is 5.13. The molecule has 0 amide bonds. The Bertz CT molecular complexity index is 233. The predicted octanol–water partition coefficient (Wildman–Crippen LogP) is 3.51. The van der Waals surface area contributed by atoms with Crippen LogP contribution in [-0.4, -0.2) is 34.1 Å². The molecule has 0 N–H and O–H groups in total. The van der Waals surface area contributed by atoms with Gasteiger partial charge in [-0.3, -0.25) is 9.09 Å². The minimum Gasteiger partial charge on any atom is -0.312 e. The first-order valence-corrected chi connectivity index (χ1v) is 8.96. The lowest BCUT2D eigenvalue weighted by Crippen LogP contribution is -1.88. The van der Waals surface area contributed by atoms with Crippen LogP contribution in [0.25, 0.3) is 0 Å². The van der Waals surface area contributed by atoms with Crippen LogP contribution in [0, 0.1) is 0 Å². The third-order valence-corrected chi connectivity index (χ3v) is 4.30. The lowest BCUT2D eigenvalue weighted by molar-refractivity contribution is 0.250. The van der Waals surface area contributed by atoms with E-state index in [1.807, 2.05) is 0 Å². The molecule has 2 unspecified atom stereocenters. The zero-order chi connectivity index (χ0) is 13.2. The van der Waals surface area contributed by atoms with Crippen molar-refractivity contribution in [1.29, 1.82) is 0 Å². The second-order valence-electron chi connectivity index (χ2n) is 2.40. The minimum absolute atomic E-state index is 0.300.